The third-order valence-corrected chi connectivity index (χ3v) is 1.89. The molecule has 0 spiro atoms. The van der Waals surface area contributed by atoms with Crippen molar-refractivity contribution in [2.45, 2.75) is 6.04 Å². The summed E-state index contributed by atoms with van der Waals surface area (Å²) in [5, 5.41) is 4.00. The van der Waals surface area contributed by atoms with E-state index in [1.165, 1.54) is 0 Å². The third-order valence-electron chi connectivity index (χ3n) is 1.89. The van der Waals surface area contributed by atoms with Crippen molar-refractivity contribution in [2.75, 3.05) is 13.2 Å². The molecule has 5 heteroatoms. The van der Waals surface area contributed by atoms with Crippen LogP contribution in [-0.4, -0.2) is 28.9 Å². The molecule has 64 valence electrons. The van der Waals surface area contributed by atoms with Gasteiger partial charge < -0.3 is 10.5 Å². The zero-order valence-electron chi connectivity index (χ0n) is 6.43. The van der Waals surface area contributed by atoms with Gasteiger partial charge in [-0.2, -0.15) is 5.10 Å². The standard InChI is InChI=1S/C7H9N3O2/c8-7(11)6-1-2-9-10(6)5-3-12-4-5/h1-2,5H,3-4H2,(H2,8,11). The first-order valence-electron chi connectivity index (χ1n) is 3.70. The summed E-state index contributed by atoms with van der Waals surface area (Å²) in [5.41, 5.74) is 5.58. The first kappa shape index (κ1) is 7.30. The van der Waals surface area contributed by atoms with E-state index in [0.29, 0.717) is 18.9 Å². The lowest BCUT2D eigenvalue weighted by Crippen LogP contribution is -2.34. The SMILES string of the molecule is NC(=O)c1ccnn1C1COC1. The van der Waals surface area contributed by atoms with E-state index in [9.17, 15) is 4.79 Å². The molecule has 1 aromatic heterocycles. The molecule has 1 amide bonds. The van der Waals surface area contributed by atoms with Crippen LogP contribution >= 0.6 is 0 Å². The predicted molar refractivity (Wildman–Crippen MR) is 40.6 cm³/mol. The number of nitrogens with zero attached hydrogens (tertiary/aromatic N) is 2. The molecular formula is C7H9N3O2. The molecule has 0 aromatic carbocycles. The minimum atomic E-state index is -0.445. The van der Waals surface area contributed by atoms with Gasteiger partial charge in [-0.1, -0.05) is 0 Å². The molecule has 0 atom stereocenters. The molecule has 1 saturated heterocycles. The fourth-order valence-electron chi connectivity index (χ4n) is 1.16. The van der Waals surface area contributed by atoms with Gasteiger partial charge in [0.1, 0.15) is 5.69 Å². The van der Waals surface area contributed by atoms with Crippen LogP contribution in [0.15, 0.2) is 12.3 Å². The molecule has 2 rings (SSSR count). The third kappa shape index (κ3) is 0.984. The van der Waals surface area contributed by atoms with Crippen LogP contribution < -0.4 is 5.73 Å². The van der Waals surface area contributed by atoms with Crippen LogP contribution in [-0.2, 0) is 4.74 Å². The van der Waals surface area contributed by atoms with Crippen LogP contribution in [0.2, 0.25) is 0 Å². The van der Waals surface area contributed by atoms with Crippen molar-refractivity contribution >= 4 is 5.91 Å². The Kier molecular flexibility index (Phi) is 1.58. The van der Waals surface area contributed by atoms with Crippen molar-refractivity contribution in [3.8, 4) is 0 Å². The second kappa shape index (κ2) is 2.60. The molecule has 0 unspecified atom stereocenters. The quantitative estimate of drug-likeness (QED) is 0.648. The van der Waals surface area contributed by atoms with Gasteiger partial charge in [-0.25, -0.2) is 0 Å². The molecule has 1 aliphatic rings. The molecule has 0 aliphatic carbocycles. The monoisotopic (exact) mass is 167 g/mol. The Bertz CT molecular complexity index is 303. The van der Waals surface area contributed by atoms with Gasteiger partial charge in [0, 0.05) is 6.20 Å². The van der Waals surface area contributed by atoms with E-state index < -0.39 is 5.91 Å². The second-order valence-corrected chi connectivity index (χ2v) is 2.72. The number of hydrogen-bond donors (Lipinski definition) is 1. The van der Waals surface area contributed by atoms with Crippen LogP contribution in [0.4, 0.5) is 0 Å². The van der Waals surface area contributed by atoms with Crippen LogP contribution in [0, 0.1) is 0 Å². The van der Waals surface area contributed by atoms with Crippen molar-refractivity contribution < 1.29 is 9.53 Å². The summed E-state index contributed by atoms with van der Waals surface area (Å²) in [4.78, 5) is 10.8. The summed E-state index contributed by atoms with van der Waals surface area (Å²) < 4.78 is 6.60. The molecule has 1 aliphatic heterocycles. The fraction of sp³-hybridized carbons (Fsp3) is 0.429. The highest BCUT2D eigenvalue weighted by molar-refractivity contribution is 5.90. The molecule has 2 N–H and O–H groups in total. The van der Waals surface area contributed by atoms with E-state index in [1.54, 1.807) is 16.9 Å². The van der Waals surface area contributed by atoms with E-state index in [-0.39, 0.29) is 6.04 Å². The van der Waals surface area contributed by atoms with Gasteiger partial charge in [-0.3, -0.25) is 9.48 Å². The van der Waals surface area contributed by atoms with Crippen LogP contribution in [0.3, 0.4) is 0 Å². The van der Waals surface area contributed by atoms with Gasteiger partial charge in [0.2, 0.25) is 0 Å². The molecule has 0 bridgehead atoms. The highest BCUT2D eigenvalue weighted by Crippen LogP contribution is 2.17. The Balaban J connectivity index is 2.29. The number of carbonyl (C=O) groups is 1. The van der Waals surface area contributed by atoms with Crippen LogP contribution in [0.25, 0.3) is 0 Å². The normalized spacial score (nSPS) is 17.3. The Hall–Kier alpha value is -1.36. The van der Waals surface area contributed by atoms with Crippen LogP contribution in [0.1, 0.15) is 16.5 Å². The number of rotatable bonds is 2. The molecule has 0 saturated carbocycles. The Morgan fingerprint density at radius 2 is 2.50 bits per heavy atom. The number of aromatic nitrogens is 2. The fourth-order valence-corrected chi connectivity index (χ4v) is 1.16. The van der Waals surface area contributed by atoms with Gasteiger partial charge >= 0.3 is 0 Å². The lowest BCUT2D eigenvalue weighted by molar-refractivity contribution is -0.0294. The summed E-state index contributed by atoms with van der Waals surface area (Å²) in [5.74, 6) is -0.445. The van der Waals surface area contributed by atoms with E-state index >= 15 is 0 Å². The van der Waals surface area contributed by atoms with E-state index in [4.69, 9.17) is 10.5 Å². The molecule has 12 heavy (non-hydrogen) atoms. The predicted octanol–water partition coefficient (Wildman–Crippen LogP) is -0.447. The largest absolute Gasteiger partial charge is 0.377 e. The molecule has 1 fully saturated rings. The summed E-state index contributed by atoms with van der Waals surface area (Å²) in [6.45, 7) is 1.23. The first-order chi connectivity index (χ1) is 5.79. The maximum absolute atomic E-state index is 10.8. The first-order valence-corrected chi connectivity index (χ1v) is 3.70. The average molecular weight is 167 g/mol. The summed E-state index contributed by atoms with van der Waals surface area (Å²) in [6, 6.07) is 1.79. The molecule has 0 radical (unpaired) electrons. The maximum atomic E-state index is 10.8. The minimum Gasteiger partial charge on any atom is -0.377 e. The Morgan fingerprint density at radius 3 is 3.00 bits per heavy atom. The number of amides is 1. The number of primary amides is 1. The Morgan fingerprint density at radius 1 is 1.75 bits per heavy atom. The summed E-state index contributed by atoms with van der Waals surface area (Å²) in [6.07, 6.45) is 1.57. The van der Waals surface area contributed by atoms with E-state index in [2.05, 4.69) is 5.10 Å². The average Bonchev–Trinajstić information content (AvgIpc) is 2.31. The summed E-state index contributed by atoms with van der Waals surface area (Å²) in [7, 11) is 0. The van der Waals surface area contributed by atoms with Gasteiger partial charge in [-0.15, -0.1) is 0 Å². The molecule has 5 nitrogen and oxygen atoms in total. The second-order valence-electron chi connectivity index (χ2n) is 2.72. The number of hydrogen-bond acceptors (Lipinski definition) is 3. The van der Waals surface area contributed by atoms with Crippen molar-refractivity contribution in [1.82, 2.24) is 9.78 Å². The van der Waals surface area contributed by atoms with Gasteiger partial charge in [0.05, 0.1) is 19.3 Å². The van der Waals surface area contributed by atoms with Gasteiger partial charge in [-0.05, 0) is 6.07 Å². The topological polar surface area (TPSA) is 70.1 Å². The van der Waals surface area contributed by atoms with Gasteiger partial charge in [0.25, 0.3) is 5.91 Å². The number of carbonyl (C=O) groups excluding carboxylic acids is 1. The smallest absolute Gasteiger partial charge is 0.266 e. The number of nitrogens with two attached hydrogens (primary N) is 1. The molecule has 2 heterocycles. The van der Waals surface area contributed by atoms with Crippen molar-refractivity contribution in [3.05, 3.63) is 18.0 Å². The highest BCUT2D eigenvalue weighted by Gasteiger charge is 2.24. The Labute approximate surface area is 69.1 Å². The van der Waals surface area contributed by atoms with Crippen LogP contribution in [0.5, 0.6) is 0 Å². The number of ether oxygens (including phenoxy) is 1. The summed E-state index contributed by atoms with van der Waals surface area (Å²) >= 11 is 0. The molecular weight excluding hydrogens is 158 g/mol. The van der Waals surface area contributed by atoms with Crippen molar-refractivity contribution in [3.63, 3.8) is 0 Å². The minimum absolute atomic E-state index is 0.183. The lowest BCUT2D eigenvalue weighted by Gasteiger charge is -2.27. The van der Waals surface area contributed by atoms with Crippen molar-refractivity contribution in [1.29, 1.82) is 0 Å². The molecule has 1 aromatic rings. The zero-order valence-corrected chi connectivity index (χ0v) is 6.43. The van der Waals surface area contributed by atoms with Crippen molar-refractivity contribution in [2.24, 2.45) is 5.73 Å². The lowest BCUT2D eigenvalue weighted by atomic mass is 10.2. The maximum Gasteiger partial charge on any atom is 0.266 e. The van der Waals surface area contributed by atoms with E-state index in [1.807, 2.05) is 0 Å². The van der Waals surface area contributed by atoms with Gasteiger partial charge in [0.15, 0.2) is 0 Å². The highest BCUT2D eigenvalue weighted by atomic mass is 16.5. The zero-order chi connectivity index (χ0) is 8.55. The van der Waals surface area contributed by atoms with E-state index in [0.717, 1.165) is 0 Å².